The van der Waals surface area contributed by atoms with Gasteiger partial charge >= 0.3 is 6.03 Å². The van der Waals surface area contributed by atoms with E-state index in [1.165, 1.54) is 12.8 Å². The predicted molar refractivity (Wildman–Crippen MR) is 101 cm³/mol. The Morgan fingerprint density at radius 3 is 2.42 bits per heavy atom. The number of amides is 3. The number of benzene rings is 1. The highest BCUT2D eigenvalue weighted by Crippen LogP contribution is 2.40. The molecule has 1 aromatic rings. The van der Waals surface area contributed by atoms with Gasteiger partial charge in [0.2, 0.25) is 5.91 Å². The van der Waals surface area contributed by atoms with Gasteiger partial charge in [0, 0.05) is 37.7 Å². The van der Waals surface area contributed by atoms with Gasteiger partial charge in [0.1, 0.15) is 10.6 Å². The normalized spacial score (nSPS) is 25.8. The van der Waals surface area contributed by atoms with Gasteiger partial charge in [-0.05, 0) is 25.0 Å². The lowest BCUT2D eigenvalue weighted by atomic mass is 10.0. The average molecular weight is 375 g/mol. The molecule has 1 aliphatic carbocycles. The fourth-order valence-corrected chi connectivity index (χ4v) is 6.11. The van der Waals surface area contributed by atoms with E-state index in [2.05, 4.69) is 5.32 Å². The average Bonchev–Trinajstić information content (AvgIpc) is 3.23. The van der Waals surface area contributed by atoms with E-state index in [9.17, 15) is 13.8 Å². The standard InChI is InChI=1S/C19H25N3O3S/c23-17-14-26(25)19(22(17)16-8-2-1-3-9-16)10-12-21(13-11-19)18(24)20-15-6-4-5-7-15/h1-3,8-9,15H,4-7,10-14H2,(H,20,24). The number of hydrogen-bond donors (Lipinski definition) is 1. The molecule has 2 heterocycles. The van der Waals surface area contributed by atoms with Crippen LogP contribution < -0.4 is 10.2 Å². The quantitative estimate of drug-likeness (QED) is 0.862. The Kier molecular flexibility index (Phi) is 4.73. The largest absolute Gasteiger partial charge is 0.335 e. The molecule has 7 heteroatoms. The molecule has 0 bridgehead atoms. The van der Waals surface area contributed by atoms with Crippen molar-refractivity contribution in [1.29, 1.82) is 0 Å². The number of hydrogen-bond acceptors (Lipinski definition) is 3. The van der Waals surface area contributed by atoms with Crippen LogP contribution in [0.4, 0.5) is 10.5 Å². The summed E-state index contributed by atoms with van der Waals surface area (Å²) in [6.07, 6.45) is 5.59. The molecule has 3 aliphatic rings. The molecule has 2 saturated heterocycles. The predicted octanol–water partition coefficient (Wildman–Crippen LogP) is 2.23. The number of carbonyl (C=O) groups excluding carboxylic acids is 2. The molecule has 140 valence electrons. The first-order valence-electron chi connectivity index (χ1n) is 9.42. The third kappa shape index (κ3) is 3.02. The summed E-state index contributed by atoms with van der Waals surface area (Å²) < 4.78 is 12.8. The highest BCUT2D eigenvalue weighted by molar-refractivity contribution is 7.88. The second-order valence-electron chi connectivity index (χ2n) is 7.42. The summed E-state index contributed by atoms with van der Waals surface area (Å²) in [6.45, 7) is 1.06. The first-order valence-corrected chi connectivity index (χ1v) is 10.7. The Bertz CT molecular complexity index is 710. The van der Waals surface area contributed by atoms with Gasteiger partial charge in [0.05, 0.1) is 10.8 Å². The van der Waals surface area contributed by atoms with Crippen LogP contribution in [-0.2, 0) is 15.6 Å². The third-order valence-electron chi connectivity index (χ3n) is 5.86. The van der Waals surface area contributed by atoms with E-state index in [-0.39, 0.29) is 17.7 Å². The van der Waals surface area contributed by atoms with Crippen molar-refractivity contribution in [2.45, 2.75) is 49.4 Å². The fourth-order valence-electron chi connectivity index (χ4n) is 4.44. The van der Waals surface area contributed by atoms with Crippen LogP contribution in [0.1, 0.15) is 38.5 Å². The minimum atomic E-state index is -1.24. The number of anilines is 1. The molecule has 3 fully saturated rings. The van der Waals surface area contributed by atoms with Gasteiger partial charge in [-0.3, -0.25) is 13.9 Å². The van der Waals surface area contributed by atoms with Crippen molar-refractivity contribution in [3.8, 4) is 0 Å². The highest BCUT2D eigenvalue weighted by atomic mass is 32.2. The van der Waals surface area contributed by atoms with Crippen LogP contribution in [0, 0.1) is 0 Å². The van der Waals surface area contributed by atoms with Crippen LogP contribution in [0.3, 0.4) is 0 Å². The van der Waals surface area contributed by atoms with Crippen LogP contribution in [0.2, 0.25) is 0 Å². The minimum absolute atomic E-state index is 0.0203. The first-order chi connectivity index (χ1) is 12.6. The molecular weight excluding hydrogens is 350 g/mol. The molecule has 0 radical (unpaired) electrons. The summed E-state index contributed by atoms with van der Waals surface area (Å²) in [5.74, 6) is -0.0122. The Labute approximate surface area is 156 Å². The van der Waals surface area contributed by atoms with Crippen LogP contribution >= 0.6 is 0 Å². The molecule has 6 nitrogen and oxygen atoms in total. The molecule has 4 rings (SSSR count). The van der Waals surface area contributed by atoms with Gasteiger partial charge in [-0.25, -0.2) is 4.79 Å². The SMILES string of the molecule is O=C(NC1CCCC1)N1CCC2(CC1)N(c1ccccc1)C(=O)CS2=O. The molecule has 1 spiro atoms. The second-order valence-corrected chi connectivity index (χ2v) is 9.16. The van der Waals surface area contributed by atoms with Crippen molar-refractivity contribution >= 4 is 28.4 Å². The summed E-state index contributed by atoms with van der Waals surface area (Å²) in [4.78, 5) is 27.9. The van der Waals surface area contributed by atoms with Crippen molar-refractivity contribution in [3.63, 3.8) is 0 Å². The maximum absolute atomic E-state index is 12.8. The zero-order valence-electron chi connectivity index (χ0n) is 14.9. The van der Waals surface area contributed by atoms with Crippen molar-refractivity contribution in [2.75, 3.05) is 23.7 Å². The molecule has 3 amide bonds. The summed E-state index contributed by atoms with van der Waals surface area (Å²) in [7, 11) is -1.24. The van der Waals surface area contributed by atoms with Crippen molar-refractivity contribution in [3.05, 3.63) is 30.3 Å². The monoisotopic (exact) mass is 375 g/mol. The fraction of sp³-hybridized carbons (Fsp3) is 0.579. The second kappa shape index (κ2) is 7.02. The smallest absolute Gasteiger partial charge is 0.317 e. The van der Waals surface area contributed by atoms with Crippen LogP contribution in [0.25, 0.3) is 0 Å². The van der Waals surface area contributed by atoms with E-state index in [1.807, 2.05) is 35.2 Å². The highest BCUT2D eigenvalue weighted by Gasteiger charge is 2.53. The number of nitrogens with zero attached hydrogens (tertiary/aromatic N) is 2. The summed E-state index contributed by atoms with van der Waals surface area (Å²) in [5, 5.41) is 3.12. The van der Waals surface area contributed by atoms with E-state index in [0.29, 0.717) is 32.0 Å². The van der Waals surface area contributed by atoms with Crippen LogP contribution in [-0.4, -0.2) is 50.8 Å². The molecule has 1 unspecified atom stereocenters. The molecule has 26 heavy (non-hydrogen) atoms. The number of carbonyl (C=O) groups is 2. The Balaban J connectivity index is 1.48. The van der Waals surface area contributed by atoms with Gasteiger partial charge < -0.3 is 10.2 Å². The summed E-state index contributed by atoms with van der Waals surface area (Å²) >= 11 is 0. The third-order valence-corrected chi connectivity index (χ3v) is 7.81. The van der Waals surface area contributed by atoms with E-state index in [1.54, 1.807) is 4.90 Å². The summed E-state index contributed by atoms with van der Waals surface area (Å²) in [5.41, 5.74) is 0.798. The zero-order valence-corrected chi connectivity index (χ0v) is 15.7. The number of piperidine rings is 1. The number of para-hydroxylation sites is 1. The minimum Gasteiger partial charge on any atom is -0.335 e. The topological polar surface area (TPSA) is 69.7 Å². The van der Waals surface area contributed by atoms with Crippen LogP contribution in [0.15, 0.2) is 30.3 Å². The first kappa shape index (κ1) is 17.5. The maximum Gasteiger partial charge on any atom is 0.317 e. The van der Waals surface area contributed by atoms with Crippen molar-refractivity contribution in [1.82, 2.24) is 10.2 Å². The van der Waals surface area contributed by atoms with E-state index in [4.69, 9.17) is 0 Å². The summed E-state index contributed by atoms with van der Waals surface area (Å²) in [6, 6.07) is 9.74. The molecule has 1 atom stereocenters. The molecular formula is C19H25N3O3S. The van der Waals surface area contributed by atoms with Gasteiger partial charge in [0.15, 0.2) is 0 Å². The van der Waals surface area contributed by atoms with Gasteiger partial charge in [-0.2, -0.15) is 0 Å². The van der Waals surface area contributed by atoms with Crippen molar-refractivity contribution in [2.24, 2.45) is 0 Å². The molecule has 1 saturated carbocycles. The van der Waals surface area contributed by atoms with Gasteiger partial charge in [-0.1, -0.05) is 31.0 Å². The zero-order chi connectivity index (χ0) is 18.1. The number of nitrogens with one attached hydrogen (secondary N) is 1. The van der Waals surface area contributed by atoms with E-state index < -0.39 is 15.7 Å². The van der Waals surface area contributed by atoms with Gasteiger partial charge in [0.25, 0.3) is 0 Å². The molecule has 0 aromatic heterocycles. The molecule has 1 N–H and O–H groups in total. The molecule has 1 aromatic carbocycles. The Morgan fingerprint density at radius 2 is 1.77 bits per heavy atom. The maximum atomic E-state index is 12.8. The van der Waals surface area contributed by atoms with Crippen molar-refractivity contribution < 1.29 is 13.8 Å². The van der Waals surface area contributed by atoms with E-state index in [0.717, 1.165) is 18.5 Å². The lowest BCUT2D eigenvalue weighted by Gasteiger charge is -2.43. The number of urea groups is 1. The van der Waals surface area contributed by atoms with Crippen LogP contribution in [0.5, 0.6) is 0 Å². The lowest BCUT2D eigenvalue weighted by molar-refractivity contribution is -0.116. The van der Waals surface area contributed by atoms with Gasteiger partial charge in [-0.15, -0.1) is 0 Å². The number of likely N-dealkylation sites (tertiary alicyclic amines) is 1. The Morgan fingerprint density at radius 1 is 1.12 bits per heavy atom. The Hall–Kier alpha value is -1.89. The molecule has 2 aliphatic heterocycles. The van der Waals surface area contributed by atoms with E-state index >= 15 is 0 Å². The number of rotatable bonds is 2. The lowest BCUT2D eigenvalue weighted by Crippen LogP contribution is -2.57.